The maximum absolute atomic E-state index is 4.35. The molecule has 0 aliphatic carbocycles. The summed E-state index contributed by atoms with van der Waals surface area (Å²) in [6, 6.07) is 7.90. The van der Waals surface area contributed by atoms with Gasteiger partial charge in [0.2, 0.25) is 5.13 Å². The number of nitrogens with one attached hydrogen (secondary N) is 1. The minimum absolute atomic E-state index is 0.593. The van der Waals surface area contributed by atoms with Gasteiger partial charge in [-0.15, -0.1) is 10.2 Å². The second-order valence-corrected chi connectivity index (χ2v) is 6.56. The maximum atomic E-state index is 4.35. The molecule has 1 aliphatic heterocycles. The average Bonchev–Trinajstić information content (AvgIpc) is 3.00. The van der Waals surface area contributed by atoms with Crippen molar-refractivity contribution in [3.8, 4) is 11.3 Å². The molecule has 0 atom stereocenters. The van der Waals surface area contributed by atoms with E-state index in [0.29, 0.717) is 5.92 Å². The molecule has 7 nitrogen and oxygen atoms in total. The van der Waals surface area contributed by atoms with Crippen LogP contribution in [0.1, 0.15) is 5.82 Å². The van der Waals surface area contributed by atoms with E-state index < -0.39 is 0 Å². The Morgan fingerprint density at radius 3 is 2.67 bits per heavy atom. The highest BCUT2D eigenvalue weighted by atomic mass is 32.1. The van der Waals surface area contributed by atoms with Crippen molar-refractivity contribution in [3.05, 3.63) is 42.5 Å². The molecule has 1 fully saturated rings. The Hall–Kier alpha value is -2.61. The molecule has 1 N–H and O–H groups in total. The summed E-state index contributed by atoms with van der Waals surface area (Å²) in [5.41, 5.74) is 1.90. The van der Waals surface area contributed by atoms with Crippen LogP contribution in [0.2, 0.25) is 0 Å². The summed E-state index contributed by atoms with van der Waals surface area (Å²) in [6.07, 6.45) is 3.52. The molecule has 0 spiro atoms. The van der Waals surface area contributed by atoms with Crippen LogP contribution in [-0.4, -0.2) is 44.2 Å². The molecule has 3 aromatic heterocycles. The highest BCUT2D eigenvalue weighted by molar-refractivity contribution is 7.09. The number of aryl methyl sites for hydroxylation is 1. The molecule has 24 heavy (non-hydrogen) atoms. The molecule has 4 rings (SSSR count). The Balaban J connectivity index is 1.30. The molecule has 0 radical (unpaired) electrons. The second-order valence-electron chi connectivity index (χ2n) is 5.81. The van der Waals surface area contributed by atoms with Crippen LogP contribution in [0.5, 0.6) is 0 Å². The van der Waals surface area contributed by atoms with E-state index in [0.717, 1.165) is 47.7 Å². The normalized spacial score (nSPS) is 14.5. The van der Waals surface area contributed by atoms with Gasteiger partial charge in [0.15, 0.2) is 5.82 Å². The van der Waals surface area contributed by atoms with Gasteiger partial charge in [0.05, 0.1) is 5.69 Å². The van der Waals surface area contributed by atoms with Crippen molar-refractivity contribution in [2.45, 2.75) is 6.92 Å². The van der Waals surface area contributed by atoms with Crippen molar-refractivity contribution >= 4 is 22.5 Å². The van der Waals surface area contributed by atoms with Gasteiger partial charge in [-0.2, -0.15) is 4.37 Å². The molecule has 3 aromatic rings. The van der Waals surface area contributed by atoms with E-state index in [1.807, 2.05) is 31.2 Å². The zero-order valence-corrected chi connectivity index (χ0v) is 14.1. The van der Waals surface area contributed by atoms with Crippen LogP contribution in [-0.2, 0) is 0 Å². The standard InChI is InChI=1S/C16H17N7S/c1-11-19-16(24-22-11)18-8-12-9-23(10-12)15-3-2-14(20-21-15)13-4-6-17-7-5-13/h2-7,12H,8-10H2,1H3,(H,18,19,22). The van der Waals surface area contributed by atoms with Gasteiger partial charge in [-0.3, -0.25) is 4.98 Å². The van der Waals surface area contributed by atoms with Gasteiger partial charge in [0, 0.05) is 55.0 Å². The number of aromatic nitrogens is 5. The van der Waals surface area contributed by atoms with E-state index >= 15 is 0 Å². The summed E-state index contributed by atoms with van der Waals surface area (Å²) in [5, 5.41) is 12.9. The molecule has 122 valence electrons. The molecular formula is C16H17N7S. The number of hydrogen-bond acceptors (Lipinski definition) is 8. The Bertz CT molecular complexity index is 797. The lowest BCUT2D eigenvalue weighted by molar-refractivity contribution is 0.425. The maximum Gasteiger partial charge on any atom is 0.202 e. The predicted octanol–water partition coefficient (Wildman–Crippen LogP) is 2.25. The molecule has 0 aromatic carbocycles. The van der Waals surface area contributed by atoms with Crippen LogP contribution >= 0.6 is 11.5 Å². The van der Waals surface area contributed by atoms with Gasteiger partial charge in [-0.25, -0.2) is 4.98 Å². The molecule has 0 bridgehead atoms. The predicted molar refractivity (Wildman–Crippen MR) is 94.1 cm³/mol. The lowest BCUT2D eigenvalue weighted by atomic mass is 10.0. The Labute approximate surface area is 144 Å². The first-order valence-electron chi connectivity index (χ1n) is 7.81. The van der Waals surface area contributed by atoms with Crippen LogP contribution in [0.3, 0.4) is 0 Å². The molecule has 0 unspecified atom stereocenters. The van der Waals surface area contributed by atoms with E-state index in [4.69, 9.17) is 0 Å². The van der Waals surface area contributed by atoms with Gasteiger partial charge >= 0.3 is 0 Å². The SMILES string of the molecule is Cc1nsc(NCC2CN(c3ccc(-c4ccncc4)nn3)C2)n1. The van der Waals surface area contributed by atoms with Gasteiger partial charge in [0.1, 0.15) is 5.82 Å². The first-order chi connectivity index (χ1) is 11.8. The summed E-state index contributed by atoms with van der Waals surface area (Å²) in [6.45, 7) is 4.77. The molecule has 0 saturated carbocycles. The second kappa shape index (κ2) is 6.48. The van der Waals surface area contributed by atoms with E-state index in [-0.39, 0.29) is 0 Å². The third kappa shape index (κ3) is 3.18. The molecule has 0 amide bonds. The van der Waals surface area contributed by atoms with Crippen molar-refractivity contribution in [2.24, 2.45) is 5.92 Å². The van der Waals surface area contributed by atoms with Crippen LogP contribution < -0.4 is 10.2 Å². The van der Waals surface area contributed by atoms with Gasteiger partial charge in [-0.05, 0) is 31.2 Å². The fourth-order valence-electron chi connectivity index (χ4n) is 2.66. The average molecular weight is 339 g/mol. The molecule has 1 aliphatic rings. The number of anilines is 2. The van der Waals surface area contributed by atoms with Crippen LogP contribution in [0.25, 0.3) is 11.3 Å². The third-order valence-electron chi connectivity index (χ3n) is 3.98. The monoisotopic (exact) mass is 339 g/mol. The van der Waals surface area contributed by atoms with Gasteiger partial charge < -0.3 is 10.2 Å². The largest absolute Gasteiger partial charge is 0.360 e. The van der Waals surface area contributed by atoms with Crippen molar-refractivity contribution in [1.29, 1.82) is 0 Å². The van der Waals surface area contributed by atoms with E-state index in [2.05, 4.69) is 34.8 Å². The van der Waals surface area contributed by atoms with Crippen LogP contribution in [0, 0.1) is 12.8 Å². The van der Waals surface area contributed by atoms with E-state index in [9.17, 15) is 0 Å². The third-order valence-corrected chi connectivity index (χ3v) is 4.74. The highest BCUT2D eigenvalue weighted by Crippen LogP contribution is 2.24. The smallest absolute Gasteiger partial charge is 0.202 e. The topological polar surface area (TPSA) is 79.7 Å². The first kappa shape index (κ1) is 14.9. The molecule has 8 heteroatoms. The molecule has 4 heterocycles. The summed E-state index contributed by atoms with van der Waals surface area (Å²) in [7, 11) is 0. The van der Waals surface area contributed by atoms with Crippen molar-refractivity contribution < 1.29 is 0 Å². The minimum Gasteiger partial charge on any atom is -0.360 e. The lowest BCUT2D eigenvalue weighted by Gasteiger charge is -2.39. The molecule has 1 saturated heterocycles. The fourth-order valence-corrected chi connectivity index (χ4v) is 3.24. The summed E-state index contributed by atoms with van der Waals surface area (Å²) in [4.78, 5) is 10.6. The minimum atomic E-state index is 0.593. The van der Waals surface area contributed by atoms with Crippen molar-refractivity contribution in [1.82, 2.24) is 24.5 Å². The van der Waals surface area contributed by atoms with E-state index in [1.54, 1.807) is 12.4 Å². The van der Waals surface area contributed by atoms with Crippen LogP contribution in [0.15, 0.2) is 36.7 Å². The van der Waals surface area contributed by atoms with Crippen molar-refractivity contribution in [2.75, 3.05) is 29.9 Å². The number of hydrogen-bond donors (Lipinski definition) is 1. The summed E-state index contributed by atoms with van der Waals surface area (Å²) in [5.74, 6) is 2.34. The Morgan fingerprint density at radius 2 is 2.00 bits per heavy atom. The van der Waals surface area contributed by atoms with Gasteiger partial charge in [0.25, 0.3) is 0 Å². The first-order valence-corrected chi connectivity index (χ1v) is 8.58. The fraction of sp³-hybridized carbons (Fsp3) is 0.312. The van der Waals surface area contributed by atoms with E-state index in [1.165, 1.54) is 11.5 Å². The van der Waals surface area contributed by atoms with Crippen LogP contribution in [0.4, 0.5) is 10.9 Å². The van der Waals surface area contributed by atoms with Gasteiger partial charge in [-0.1, -0.05) is 0 Å². The Morgan fingerprint density at radius 1 is 1.17 bits per heavy atom. The zero-order chi connectivity index (χ0) is 16.4. The summed E-state index contributed by atoms with van der Waals surface area (Å²) >= 11 is 1.41. The lowest BCUT2D eigenvalue weighted by Crippen LogP contribution is -2.50. The quantitative estimate of drug-likeness (QED) is 0.763. The Kier molecular flexibility index (Phi) is 4.04. The highest BCUT2D eigenvalue weighted by Gasteiger charge is 2.28. The zero-order valence-electron chi connectivity index (χ0n) is 13.3. The number of pyridine rings is 1. The van der Waals surface area contributed by atoms with Crippen molar-refractivity contribution in [3.63, 3.8) is 0 Å². The number of nitrogens with zero attached hydrogens (tertiary/aromatic N) is 6. The molecular weight excluding hydrogens is 322 g/mol. The summed E-state index contributed by atoms with van der Waals surface area (Å²) < 4.78 is 4.17. The number of rotatable bonds is 5.